The van der Waals surface area contributed by atoms with Crippen molar-refractivity contribution >= 4 is 16.9 Å². The average Bonchev–Trinajstić information content (AvgIpc) is 2.92. The number of nitrogens with zero attached hydrogens (tertiary/aromatic N) is 2. The molecule has 0 saturated heterocycles. The summed E-state index contributed by atoms with van der Waals surface area (Å²) in [5.41, 5.74) is 2.96. The highest BCUT2D eigenvalue weighted by atomic mass is 16.5. The summed E-state index contributed by atoms with van der Waals surface area (Å²) in [4.78, 5) is 16.7. The molecule has 0 radical (unpaired) electrons. The van der Waals surface area contributed by atoms with Crippen LogP contribution in [0.5, 0.6) is 5.75 Å². The summed E-state index contributed by atoms with van der Waals surface area (Å²) in [6.45, 7) is 3.00. The maximum Gasteiger partial charge on any atom is 0.224 e. The molecule has 1 aromatic heterocycles. The van der Waals surface area contributed by atoms with Gasteiger partial charge in [-0.2, -0.15) is 0 Å². The largest absolute Gasteiger partial charge is 0.494 e. The van der Waals surface area contributed by atoms with E-state index in [1.165, 1.54) is 0 Å². The smallest absolute Gasteiger partial charge is 0.224 e. The van der Waals surface area contributed by atoms with Crippen LogP contribution in [-0.4, -0.2) is 22.1 Å². The van der Waals surface area contributed by atoms with E-state index in [2.05, 4.69) is 10.3 Å². The normalized spacial score (nSPS) is 10.8. The first-order valence-corrected chi connectivity index (χ1v) is 8.06. The van der Waals surface area contributed by atoms with Crippen LogP contribution in [0.25, 0.3) is 11.0 Å². The first-order chi connectivity index (χ1) is 11.7. The highest BCUT2D eigenvalue weighted by molar-refractivity contribution is 5.79. The fourth-order valence-electron chi connectivity index (χ4n) is 2.65. The maximum absolute atomic E-state index is 12.1. The third-order valence-electron chi connectivity index (χ3n) is 3.92. The van der Waals surface area contributed by atoms with E-state index in [1.807, 2.05) is 67.1 Å². The summed E-state index contributed by atoms with van der Waals surface area (Å²) in [6, 6.07) is 15.5. The van der Waals surface area contributed by atoms with Crippen molar-refractivity contribution in [3.05, 3.63) is 59.9 Å². The van der Waals surface area contributed by atoms with Gasteiger partial charge in [0.05, 0.1) is 30.6 Å². The lowest BCUT2D eigenvalue weighted by atomic mass is 10.1. The molecule has 0 spiro atoms. The number of aryl methyl sites for hydroxylation is 1. The van der Waals surface area contributed by atoms with Crippen LogP contribution in [0.15, 0.2) is 48.5 Å². The highest BCUT2D eigenvalue weighted by Gasteiger charge is 2.09. The van der Waals surface area contributed by atoms with Gasteiger partial charge in [0.25, 0.3) is 0 Å². The Morgan fingerprint density at radius 2 is 1.92 bits per heavy atom. The summed E-state index contributed by atoms with van der Waals surface area (Å²) in [7, 11) is 1.96. The standard InChI is InChI=1S/C19H21N3O2/c1-3-24-15-10-8-14(9-11-15)12-19(23)20-13-18-21-16-6-4-5-7-17(16)22(18)2/h4-11H,3,12-13H2,1-2H3,(H,20,23). The van der Waals surface area contributed by atoms with Gasteiger partial charge in [-0.3, -0.25) is 4.79 Å². The number of rotatable bonds is 6. The number of amides is 1. The number of carbonyl (C=O) groups is 1. The van der Waals surface area contributed by atoms with Gasteiger partial charge in [0.15, 0.2) is 0 Å². The lowest BCUT2D eigenvalue weighted by Gasteiger charge is -2.07. The Balaban J connectivity index is 1.59. The van der Waals surface area contributed by atoms with Crippen molar-refractivity contribution in [1.82, 2.24) is 14.9 Å². The van der Waals surface area contributed by atoms with Crippen LogP contribution in [0.1, 0.15) is 18.3 Å². The Labute approximate surface area is 141 Å². The number of imidazole rings is 1. The Kier molecular flexibility index (Phi) is 4.79. The first kappa shape index (κ1) is 16.1. The molecule has 124 valence electrons. The number of ether oxygens (including phenoxy) is 1. The average molecular weight is 323 g/mol. The molecule has 0 aliphatic rings. The van der Waals surface area contributed by atoms with Gasteiger partial charge in [-0.15, -0.1) is 0 Å². The molecule has 0 atom stereocenters. The molecule has 1 N–H and O–H groups in total. The molecule has 0 unspecified atom stereocenters. The van der Waals surface area contributed by atoms with Gasteiger partial charge in [0, 0.05) is 7.05 Å². The molecule has 0 saturated carbocycles. The SMILES string of the molecule is CCOc1ccc(CC(=O)NCc2nc3ccccc3n2C)cc1. The number of para-hydroxylation sites is 2. The van der Waals surface area contributed by atoms with E-state index in [9.17, 15) is 4.79 Å². The summed E-state index contributed by atoms with van der Waals surface area (Å²) in [6.07, 6.45) is 0.344. The number of aromatic nitrogens is 2. The van der Waals surface area contributed by atoms with Crippen molar-refractivity contribution in [2.75, 3.05) is 6.61 Å². The molecule has 24 heavy (non-hydrogen) atoms. The van der Waals surface area contributed by atoms with Crippen molar-refractivity contribution < 1.29 is 9.53 Å². The minimum atomic E-state index is -0.0220. The molecular weight excluding hydrogens is 302 g/mol. The monoisotopic (exact) mass is 323 g/mol. The second-order valence-electron chi connectivity index (χ2n) is 5.61. The van der Waals surface area contributed by atoms with Crippen LogP contribution in [0, 0.1) is 0 Å². The zero-order valence-electron chi connectivity index (χ0n) is 14.0. The second-order valence-corrected chi connectivity index (χ2v) is 5.61. The number of fused-ring (bicyclic) bond motifs is 1. The molecule has 1 heterocycles. The zero-order chi connectivity index (χ0) is 16.9. The quantitative estimate of drug-likeness (QED) is 0.759. The lowest BCUT2D eigenvalue weighted by Crippen LogP contribution is -2.25. The molecule has 5 heteroatoms. The first-order valence-electron chi connectivity index (χ1n) is 8.06. The van der Waals surface area contributed by atoms with E-state index >= 15 is 0 Å². The van der Waals surface area contributed by atoms with Crippen LogP contribution in [0.2, 0.25) is 0 Å². The third-order valence-corrected chi connectivity index (χ3v) is 3.92. The second kappa shape index (κ2) is 7.17. The molecule has 3 rings (SSSR count). The van der Waals surface area contributed by atoms with Gasteiger partial charge in [0.2, 0.25) is 5.91 Å². The van der Waals surface area contributed by atoms with Crippen molar-refractivity contribution in [1.29, 1.82) is 0 Å². The number of hydrogen-bond donors (Lipinski definition) is 1. The number of hydrogen-bond acceptors (Lipinski definition) is 3. The van der Waals surface area contributed by atoms with Crippen LogP contribution >= 0.6 is 0 Å². The van der Waals surface area contributed by atoms with Gasteiger partial charge in [-0.05, 0) is 36.8 Å². The van der Waals surface area contributed by atoms with Crippen LogP contribution < -0.4 is 10.1 Å². The Morgan fingerprint density at radius 1 is 1.17 bits per heavy atom. The minimum absolute atomic E-state index is 0.0220. The Morgan fingerprint density at radius 3 is 2.62 bits per heavy atom. The molecule has 0 aliphatic carbocycles. The summed E-state index contributed by atoms with van der Waals surface area (Å²) < 4.78 is 7.41. The van der Waals surface area contributed by atoms with E-state index in [-0.39, 0.29) is 5.91 Å². The molecule has 5 nitrogen and oxygen atoms in total. The highest BCUT2D eigenvalue weighted by Crippen LogP contribution is 2.14. The third kappa shape index (κ3) is 3.56. The Bertz CT molecular complexity index is 837. The molecule has 0 fully saturated rings. The molecule has 0 bridgehead atoms. The van der Waals surface area contributed by atoms with Gasteiger partial charge >= 0.3 is 0 Å². The molecule has 2 aromatic carbocycles. The minimum Gasteiger partial charge on any atom is -0.494 e. The molecular formula is C19H21N3O2. The maximum atomic E-state index is 12.1. The number of nitrogens with one attached hydrogen (secondary N) is 1. The van der Waals surface area contributed by atoms with Crippen molar-refractivity contribution in [2.45, 2.75) is 19.9 Å². The number of carbonyl (C=O) groups excluding carboxylic acids is 1. The molecule has 3 aromatic rings. The predicted octanol–water partition coefficient (Wildman–Crippen LogP) is 2.83. The fourth-order valence-corrected chi connectivity index (χ4v) is 2.65. The van der Waals surface area contributed by atoms with Crippen LogP contribution in [0.3, 0.4) is 0 Å². The van der Waals surface area contributed by atoms with Gasteiger partial charge in [-0.1, -0.05) is 24.3 Å². The van der Waals surface area contributed by atoms with Crippen molar-refractivity contribution in [3.8, 4) is 5.75 Å². The van der Waals surface area contributed by atoms with Crippen LogP contribution in [0.4, 0.5) is 0 Å². The van der Waals surface area contributed by atoms with Gasteiger partial charge in [0.1, 0.15) is 11.6 Å². The van der Waals surface area contributed by atoms with Crippen molar-refractivity contribution in [2.24, 2.45) is 7.05 Å². The van der Waals surface area contributed by atoms with Gasteiger partial charge < -0.3 is 14.6 Å². The molecule has 1 amide bonds. The van der Waals surface area contributed by atoms with Gasteiger partial charge in [-0.25, -0.2) is 4.98 Å². The Hall–Kier alpha value is -2.82. The zero-order valence-corrected chi connectivity index (χ0v) is 14.0. The van der Waals surface area contributed by atoms with Crippen LogP contribution in [-0.2, 0) is 24.8 Å². The predicted molar refractivity (Wildman–Crippen MR) is 93.9 cm³/mol. The summed E-state index contributed by atoms with van der Waals surface area (Å²) >= 11 is 0. The topological polar surface area (TPSA) is 56.1 Å². The van der Waals surface area contributed by atoms with Crippen molar-refractivity contribution in [3.63, 3.8) is 0 Å². The van der Waals surface area contributed by atoms with E-state index in [4.69, 9.17) is 4.74 Å². The van der Waals surface area contributed by atoms with E-state index in [0.29, 0.717) is 19.6 Å². The van der Waals surface area contributed by atoms with E-state index in [1.54, 1.807) is 0 Å². The summed E-state index contributed by atoms with van der Waals surface area (Å²) in [5, 5.41) is 2.94. The lowest BCUT2D eigenvalue weighted by molar-refractivity contribution is -0.120. The fraction of sp³-hybridized carbons (Fsp3) is 0.263. The summed E-state index contributed by atoms with van der Waals surface area (Å²) in [5.74, 6) is 1.64. The number of benzene rings is 2. The molecule has 0 aliphatic heterocycles. The van der Waals surface area contributed by atoms with E-state index in [0.717, 1.165) is 28.2 Å². The van der Waals surface area contributed by atoms with E-state index < -0.39 is 0 Å².